The molecule has 0 aliphatic heterocycles. The van der Waals surface area contributed by atoms with E-state index in [1.807, 2.05) is 60.7 Å². The number of benzene rings is 3. The molecule has 4 heteroatoms. The van der Waals surface area contributed by atoms with E-state index in [1.165, 1.54) is 6.08 Å². The first-order chi connectivity index (χ1) is 12.3. The van der Waals surface area contributed by atoms with E-state index < -0.39 is 5.54 Å². The highest BCUT2D eigenvalue weighted by Gasteiger charge is 2.36. The van der Waals surface area contributed by atoms with Crippen LogP contribution < -0.4 is 0 Å². The van der Waals surface area contributed by atoms with Gasteiger partial charge in [-0.15, -0.1) is 0 Å². The Morgan fingerprint density at radius 1 is 0.600 bits per heavy atom. The first kappa shape index (κ1) is 16.3. The van der Waals surface area contributed by atoms with E-state index in [1.54, 1.807) is 30.3 Å². The molecule has 0 aliphatic rings. The van der Waals surface area contributed by atoms with Crippen LogP contribution in [0.1, 0.15) is 16.7 Å². The molecular weight excluding hydrogens is 312 g/mol. The molecule has 0 saturated carbocycles. The van der Waals surface area contributed by atoms with Crippen molar-refractivity contribution in [2.24, 2.45) is 9.98 Å². The van der Waals surface area contributed by atoms with Crippen LogP contribution in [0.5, 0.6) is 0 Å². The minimum Gasteiger partial charge on any atom is -0.211 e. The summed E-state index contributed by atoms with van der Waals surface area (Å²) in [6.07, 6.45) is 3.25. The predicted octanol–water partition coefficient (Wildman–Crippen LogP) is 4.28. The maximum absolute atomic E-state index is 11.3. The lowest BCUT2D eigenvalue weighted by molar-refractivity contribution is 0.550. The van der Waals surface area contributed by atoms with Crippen molar-refractivity contribution in [3.63, 3.8) is 0 Å². The number of nitrogens with zero attached hydrogens (tertiary/aromatic N) is 2. The predicted molar refractivity (Wildman–Crippen MR) is 95.1 cm³/mol. The first-order valence-electron chi connectivity index (χ1n) is 7.70. The molecule has 4 nitrogen and oxygen atoms in total. The van der Waals surface area contributed by atoms with Crippen molar-refractivity contribution in [1.29, 1.82) is 0 Å². The summed E-state index contributed by atoms with van der Waals surface area (Å²) in [4.78, 5) is 29.6. The van der Waals surface area contributed by atoms with Gasteiger partial charge in [0.15, 0.2) is 0 Å². The van der Waals surface area contributed by atoms with Gasteiger partial charge in [0.2, 0.25) is 12.2 Å². The fourth-order valence-electron chi connectivity index (χ4n) is 2.95. The minimum atomic E-state index is -1.02. The van der Waals surface area contributed by atoms with E-state index in [4.69, 9.17) is 0 Å². The fraction of sp³-hybridized carbons (Fsp3) is 0.0476. The van der Waals surface area contributed by atoms with Gasteiger partial charge in [-0.05, 0) is 28.8 Å². The van der Waals surface area contributed by atoms with Gasteiger partial charge in [0.1, 0.15) is 5.54 Å². The molecule has 0 aliphatic carbocycles. The summed E-state index contributed by atoms with van der Waals surface area (Å²) in [6.45, 7) is 0. The molecule has 0 saturated heterocycles. The zero-order chi connectivity index (χ0) is 17.5. The Bertz CT molecular complexity index is 899. The molecule has 0 amide bonds. The Balaban J connectivity index is 2.31. The molecule has 0 radical (unpaired) electrons. The molecule has 120 valence electrons. The van der Waals surface area contributed by atoms with E-state index in [2.05, 4.69) is 9.98 Å². The number of aliphatic imine (C=N–C) groups is 2. The monoisotopic (exact) mass is 326 g/mol. The van der Waals surface area contributed by atoms with Gasteiger partial charge in [-0.25, -0.2) is 9.59 Å². The number of rotatable bonds is 5. The largest absolute Gasteiger partial charge is 0.240 e. The van der Waals surface area contributed by atoms with E-state index >= 15 is 0 Å². The minimum absolute atomic E-state index is 0.490. The second-order valence-corrected chi connectivity index (χ2v) is 5.40. The van der Waals surface area contributed by atoms with Crippen molar-refractivity contribution in [3.8, 4) is 0 Å². The Hall–Kier alpha value is -3.58. The van der Waals surface area contributed by atoms with Gasteiger partial charge in [0.05, 0.1) is 5.69 Å². The Labute approximate surface area is 145 Å². The third-order valence-electron chi connectivity index (χ3n) is 4.06. The highest BCUT2D eigenvalue weighted by molar-refractivity contribution is 5.56. The highest BCUT2D eigenvalue weighted by atomic mass is 16.1. The van der Waals surface area contributed by atoms with E-state index in [-0.39, 0.29) is 0 Å². The fourth-order valence-corrected chi connectivity index (χ4v) is 2.95. The van der Waals surface area contributed by atoms with Crippen molar-refractivity contribution in [2.45, 2.75) is 5.54 Å². The van der Waals surface area contributed by atoms with Crippen LogP contribution in [0.15, 0.2) is 94.9 Å². The van der Waals surface area contributed by atoms with Gasteiger partial charge in [-0.3, -0.25) is 0 Å². The molecule has 0 fully saturated rings. The molecule has 0 N–H and O–H groups in total. The number of hydrogen-bond acceptors (Lipinski definition) is 4. The van der Waals surface area contributed by atoms with Gasteiger partial charge in [0, 0.05) is 0 Å². The van der Waals surface area contributed by atoms with Crippen LogP contribution in [-0.2, 0) is 15.1 Å². The summed E-state index contributed by atoms with van der Waals surface area (Å²) in [6, 6.07) is 26.1. The Morgan fingerprint density at radius 2 is 1.08 bits per heavy atom. The smallest absolute Gasteiger partial charge is 0.211 e. The van der Waals surface area contributed by atoms with Gasteiger partial charge in [-0.1, -0.05) is 72.8 Å². The molecule has 0 bridgehead atoms. The standard InChI is InChI=1S/C21H14N2O2/c24-15-22-20-13-11-19(12-14-20)21(23-16-25,17-7-3-1-4-8-17)18-9-5-2-6-10-18/h1-14H. The summed E-state index contributed by atoms with van der Waals surface area (Å²) >= 11 is 0. The maximum Gasteiger partial charge on any atom is 0.240 e. The quantitative estimate of drug-likeness (QED) is 0.399. The van der Waals surface area contributed by atoms with Crippen LogP contribution in [-0.4, -0.2) is 12.2 Å². The zero-order valence-corrected chi connectivity index (χ0v) is 13.3. The Morgan fingerprint density at radius 3 is 1.52 bits per heavy atom. The van der Waals surface area contributed by atoms with Crippen molar-refractivity contribution < 1.29 is 9.59 Å². The average molecular weight is 326 g/mol. The molecule has 3 rings (SSSR count). The molecule has 0 aromatic heterocycles. The van der Waals surface area contributed by atoms with E-state index in [0.717, 1.165) is 16.7 Å². The van der Waals surface area contributed by atoms with Gasteiger partial charge >= 0.3 is 0 Å². The summed E-state index contributed by atoms with van der Waals surface area (Å²) in [7, 11) is 0. The highest BCUT2D eigenvalue weighted by Crippen LogP contribution is 2.40. The second kappa shape index (κ2) is 7.33. The van der Waals surface area contributed by atoms with E-state index in [9.17, 15) is 9.59 Å². The van der Waals surface area contributed by atoms with Crippen molar-refractivity contribution in [1.82, 2.24) is 0 Å². The van der Waals surface area contributed by atoms with Gasteiger partial charge < -0.3 is 0 Å². The zero-order valence-electron chi connectivity index (χ0n) is 13.3. The van der Waals surface area contributed by atoms with Crippen LogP contribution >= 0.6 is 0 Å². The van der Waals surface area contributed by atoms with E-state index in [0.29, 0.717) is 5.69 Å². The van der Waals surface area contributed by atoms with Crippen molar-refractivity contribution >= 4 is 17.8 Å². The molecule has 3 aromatic carbocycles. The molecule has 0 spiro atoms. The number of carbonyl (C=O) groups excluding carboxylic acids is 2. The third kappa shape index (κ3) is 3.08. The van der Waals surface area contributed by atoms with Crippen molar-refractivity contribution in [2.75, 3.05) is 0 Å². The average Bonchev–Trinajstić information content (AvgIpc) is 2.68. The molecule has 0 unspecified atom stereocenters. The van der Waals surface area contributed by atoms with Crippen LogP contribution in [0.4, 0.5) is 5.69 Å². The maximum atomic E-state index is 11.3. The van der Waals surface area contributed by atoms with Gasteiger partial charge in [-0.2, -0.15) is 9.98 Å². The summed E-state index contributed by atoms with van der Waals surface area (Å²) in [5.41, 5.74) is 1.93. The third-order valence-corrected chi connectivity index (χ3v) is 4.06. The second-order valence-electron chi connectivity index (χ2n) is 5.40. The molecule has 0 heterocycles. The molecule has 25 heavy (non-hydrogen) atoms. The van der Waals surface area contributed by atoms with Crippen LogP contribution in [0.3, 0.4) is 0 Å². The lowest BCUT2D eigenvalue weighted by Gasteiger charge is -2.30. The lowest BCUT2D eigenvalue weighted by atomic mass is 9.77. The van der Waals surface area contributed by atoms with Gasteiger partial charge in [0.25, 0.3) is 0 Å². The van der Waals surface area contributed by atoms with Crippen LogP contribution in [0.2, 0.25) is 0 Å². The summed E-state index contributed by atoms with van der Waals surface area (Å²) in [5.74, 6) is 0. The van der Waals surface area contributed by atoms with Crippen LogP contribution in [0.25, 0.3) is 0 Å². The molecule has 0 atom stereocenters. The lowest BCUT2D eigenvalue weighted by Crippen LogP contribution is -2.26. The Kier molecular flexibility index (Phi) is 4.77. The SMILES string of the molecule is O=C=Nc1ccc(C(N=C=O)(c2ccccc2)c2ccccc2)cc1. The van der Waals surface area contributed by atoms with Crippen molar-refractivity contribution in [3.05, 3.63) is 102 Å². The summed E-state index contributed by atoms with van der Waals surface area (Å²) < 4.78 is 0. The molecule has 3 aromatic rings. The summed E-state index contributed by atoms with van der Waals surface area (Å²) in [5, 5.41) is 0. The van der Waals surface area contributed by atoms with Crippen LogP contribution in [0, 0.1) is 0 Å². The number of isocyanates is 2. The normalized spacial score (nSPS) is 10.4. The molecular formula is C21H14N2O2. The first-order valence-corrected chi connectivity index (χ1v) is 7.70. The number of hydrogen-bond donors (Lipinski definition) is 0. The topological polar surface area (TPSA) is 58.9 Å².